The van der Waals surface area contributed by atoms with Crippen LogP contribution in [-0.2, 0) is 0 Å². The Bertz CT molecular complexity index is 777. The molecule has 0 aliphatic carbocycles. The van der Waals surface area contributed by atoms with Gasteiger partial charge in [0.1, 0.15) is 5.75 Å². The van der Waals surface area contributed by atoms with Crippen molar-refractivity contribution in [1.29, 1.82) is 0 Å². The maximum Gasteiger partial charge on any atom is 0.169 e. The van der Waals surface area contributed by atoms with Crippen LogP contribution in [0.5, 0.6) is 5.75 Å². The van der Waals surface area contributed by atoms with Crippen molar-refractivity contribution in [1.82, 2.24) is 15.2 Å². The Morgan fingerprint density at radius 2 is 1.62 bits per heavy atom. The lowest BCUT2D eigenvalue weighted by atomic mass is 9.71. The molecule has 1 aromatic heterocycles. The van der Waals surface area contributed by atoms with Crippen LogP contribution >= 0.6 is 0 Å². The minimum absolute atomic E-state index is 0.198. The number of nitrogens with zero attached hydrogens (tertiary/aromatic N) is 4. The van der Waals surface area contributed by atoms with E-state index in [4.69, 9.17) is 11.6 Å². The minimum Gasteiger partial charge on any atom is -0.507 e. The molecule has 5 N–H and O–H groups in total. The molecule has 2 aromatic rings. The first kappa shape index (κ1) is 17.1. The third kappa shape index (κ3) is 3.20. The summed E-state index contributed by atoms with van der Waals surface area (Å²) in [5.41, 5.74) is 8.76. The summed E-state index contributed by atoms with van der Waals surface area (Å²) in [5, 5.41) is 20.3. The molecule has 2 saturated heterocycles. The van der Waals surface area contributed by atoms with E-state index in [9.17, 15) is 5.11 Å². The van der Waals surface area contributed by atoms with E-state index in [1.807, 2.05) is 23.2 Å². The van der Waals surface area contributed by atoms with Gasteiger partial charge in [-0.25, -0.2) is 5.01 Å². The highest BCUT2D eigenvalue weighted by atomic mass is 16.3. The van der Waals surface area contributed by atoms with E-state index in [1.165, 1.54) is 12.8 Å². The molecule has 26 heavy (non-hydrogen) atoms. The molecule has 7 nitrogen and oxygen atoms in total. The van der Waals surface area contributed by atoms with Gasteiger partial charge in [0.05, 0.1) is 11.4 Å². The Kier molecular flexibility index (Phi) is 4.42. The van der Waals surface area contributed by atoms with Crippen molar-refractivity contribution in [2.75, 3.05) is 36.8 Å². The smallest absolute Gasteiger partial charge is 0.169 e. The predicted molar refractivity (Wildman–Crippen MR) is 102 cm³/mol. The number of nitrogens with two attached hydrogens (primary N) is 2. The van der Waals surface area contributed by atoms with Crippen molar-refractivity contribution in [3.8, 4) is 17.0 Å². The number of hydrazine groups is 1. The molecule has 2 aliphatic rings. The van der Waals surface area contributed by atoms with Gasteiger partial charge in [-0.05, 0) is 49.3 Å². The number of para-hydroxylation sites is 1. The lowest BCUT2D eigenvalue weighted by molar-refractivity contribution is 0.0802. The van der Waals surface area contributed by atoms with Crippen molar-refractivity contribution in [2.45, 2.75) is 25.7 Å². The summed E-state index contributed by atoms with van der Waals surface area (Å²) in [4.78, 5) is 2.30. The van der Waals surface area contributed by atoms with Gasteiger partial charge >= 0.3 is 0 Å². The number of aromatic hydroxyl groups is 1. The van der Waals surface area contributed by atoms with Crippen LogP contribution in [0.15, 0.2) is 30.3 Å². The molecule has 3 heterocycles. The van der Waals surface area contributed by atoms with E-state index in [-0.39, 0.29) is 5.75 Å². The number of nitrogen functional groups attached to an aromatic ring is 1. The van der Waals surface area contributed by atoms with Crippen LogP contribution in [0.2, 0.25) is 0 Å². The molecule has 2 aliphatic heterocycles. The Labute approximate surface area is 153 Å². The summed E-state index contributed by atoms with van der Waals surface area (Å²) in [5.74, 6) is 6.56. The van der Waals surface area contributed by atoms with Crippen molar-refractivity contribution in [3.63, 3.8) is 0 Å². The van der Waals surface area contributed by atoms with Gasteiger partial charge in [-0.3, -0.25) is 5.84 Å². The maximum atomic E-state index is 10.1. The summed E-state index contributed by atoms with van der Waals surface area (Å²) in [6.45, 7) is 3.88. The summed E-state index contributed by atoms with van der Waals surface area (Å²) < 4.78 is 0. The molecule has 0 unspecified atom stereocenters. The Hall–Kier alpha value is -2.38. The van der Waals surface area contributed by atoms with Gasteiger partial charge in [-0.15, -0.1) is 10.2 Å². The number of piperidine rings is 2. The normalized spacial score (nSPS) is 20.4. The summed E-state index contributed by atoms with van der Waals surface area (Å²) in [7, 11) is 0. The SMILES string of the molecule is Nc1nnc(-c2ccccc2O)cc1N1CCC2(CCN(N)CC2)CC1. The summed E-state index contributed by atoms with van der Waals surface area (Å²) in [6, 6.07) is 9.10. The zero-order valence-electron chi connectivity index (χ0n) is 14.9. The molecule has 138 valence electrons. The van der Waals surface area contributed by atoms with E-state index < -0.39 is 0 Å². The van der Waals surface area contributed by atoms with Gasteiger partial charge in [0.25, 0.3) is 0 Å². The number of aromatic nitrogens is 2. The van der Waals surface area contributed by atoms with E-state index in [1.54, 1.807) is 12.1 Å². The second kappa shape index (κ2) is 6.74. The molecule has 0 radical (unpaired) electrons. The number of rotatable bonds is 2. The van der Waals surface area contributed by atoms with Gasteiger partial charge in [0.15, 0.2) is 5.82 Å². The van der Waals surface area contributed by atoms with Crippen LogP contribution in [0.3, 0.4) is 0 Å². The molecule has 1 aromatic carbocycles. The monoisotopic (exact) mass is 354 g/mol. The second-order valence-electron chi connectivity index (χ2n) is 7.54. The van der Waals surface area contributed by atoms with E-state index in [0.717, 1.165) is 44.7 Å². The largest absolute Gasteiger partial charge is 0.507 e. The van der Waals surface area contributed by atoms with Crippen molar-refractivity contribution >= 4 is 11.5 Å². The fourth-order valence-corrected chi connectivity index (χ4v) is 4.19. The van der Waals surface area contributed by atoms with E-state index >= 15 is 0 Å². The zero-order chi connectivity index (χ0) is 18.1. The standard InChI is InChI=1S/C19H26N6O/c20-18-16(13-15(22-23-18)14-3-1-2-4-17(14)26)24-9-5-19(6-10-24)7-11-25(21)12-8-19/h1-4,13,26H,5-12,21H2,(H2,20,23). The lowest BCUT2D eigenvalue weighted by Crippen LogP contribution is -2.48. The van der Waals surface area contributed by atoms with Crippen molar-refractivity contribution < 1.29 is 5.11 Å². The number of hydrogen-bond donors (Lipinski definition) is 3. The molecular weight excluding hydrogens is 328 g/mol. The Balaban J connectivity index is 1.54. The molecule has 1 spiro atoms. The number of phenolic OH excluding ortho intramolecular Hbond substituents is 1. The highest BCUT2D eigenvalue weighted by molar-refractivity contribution is 5.74. The van der Waals surface area contributed by atoms with Crippen molar-refractivity contribution in [3.05, 3.63) is 30.3 Å². The predicted octanol–water partition coefficient (Wildman–Crippen LogP) is 1.99. The maximum absolute atomic E-state index is 10.1. The number of anilines is 2. The molecule has 0 saturated carbocycles. The lowest BCUT2D eigenvalue weighted by Gasteiger charge is -2.46. The molecule has 0 bridgehead atoms. The quantitative estimate of drug-likeness (QED) is 0.708. The van der Waals surface area contributed by atoms with E-state index in [0.29, 0.717) is 22.5 Å². The van der Waals surface area contributed by atoms with Crippen molar-refractivity contribution in [2.24, 2.45) is 11.3 Å². The van der Waals surface area contributed by atoms with Gasteiger partial charge in [0, 0.05) is 31.7 Å². The third-order valence-corrected chi connectivity index (χ3v) is 6.00. The van der Waals surface area contributed by atoms with Gasteiger partial charge in [-0.2, -0.15) is 0 Å². The third-order valence-electron chi connectivity index (χ3n) is 6.00. The fourth-order valence-electron chi connectivity index (χ4n) is 4.19. The van der Waals surface area contributed by atoms with E-state index in [2.05, 4.69) is 15.1 Å². The number of phenols is 1. The number of hydrogen-bond acceptors (Lipinski definition) is 7. The van der Waals surface area contributed by atoms with Crippen LogP contribution in [0.25, 0.3) is 11.3 Å². The number of benzene rings is 1. The topological polar surface area (TPSA) is 105 Å². The molecule has 2 fully saturated rings. The molecule has 4 rings (SSSR count). The summed E-state index contributed by atoms with van der Waals surface area (Å²) in [6.07, 6.45) is 4.64. The van der Waals surface area contributed by atoms with Crippen LogP contribution in [0.4, 0.5) is 11.5 Å². The molecule has 7 heteroatoms. The van der Waals surface area contributed by atoms with Crippen LogP contribution in [0.1, 0.15) is 25.7 Å². The first-order valence-corrected chi connectivity index (χ1v) is 9.23. The molecule has 0 atom stereocenters. The fraction of sp³-hybridized carbons (Fsp3) is 0.474. The average Bonchev–Trinajstić information content (AvgIpc) is 2.66. The zero-order valence-corrected chi connectivity index (χ0v) is 14.9. The van der Waals surface area contributed by atoms with Crippen LogP contribution in [-0.4, -0.2) is 46.5 Å². The Morgan fingerprint density at radius 3 is 2.31 bits per heavy atom. The first-order valence-electron chi connectivity index (χ1n) is 9.23. The highest BCUT2D eigenvalue weighted by Crippen LogP contribution is 2.42. The first-order chi connectivity index (χ1) is 12.6. The van der Waals surface area contributed by atoms with Crippen LogP contribution in [0, 0.1) is 5.41 Å². The van der Waals surface area contributed by atoms with Crippen LogP contribution < -0.4 is 16.5 Å². The average molecular weight is 354 g/mol. The van der Waals surface area contributed by atoms with Gasteiger partial charge < -0.3 is 15.7 Å². The second-order valence-corrected chi connectivity index (χ2v) is 7.54. The minimum atomic E-state index is 0.198. The highest BCUT2D eigenvalue weighted by Gasteiger charge is 2.37. The van der Waals surface area contributed by atoms with Gasteiger partial charge in [-0.1, -0.05) is 12.1 Å². The summed E-state index contributed by atoms with van der Waals surface area (Å²) >= 11 is 0. The molecular formula is C19H26N6O. The van der Waals surface area contributed by atoms with Gasteiger partial charge in [0.2, 0.25) is 0 Å². The Morgan fingerprint density at radius 1 is 0.962 bits per heavy atom. The molecule has 0 amide bonds.